The van der Waals surface area contributed by atoms with Crippen molar-refractivity contribution >= 4 is 34.6 Å². The predicted octanol–water partition coefficient (Wildman–Crippen LogP) is 1.73. The van der Waals surface area contributed by atoms with Crippen LogP contribution in [-0.2, 0) is 14.3 Å². The van der Waals surface area contributed by atoms with Crippen LogP contribution >= 0.6 is 23.6 Å². The highest BCUT2D eigenvalue weighted by molar-refractivity contribution is 7.80. The standard InChI is InChI=1S/C13H16N2O3S2/c1-8-10(12(16)18-6-5-17-2)11(15-13(19)14-8)9-4-3-7-20-9/h3-4,7,11H,5-6H2,1-2H3,(H2,14,15,19)/t11-/m1/s1. The first-order valence-electron chi connectivity index (χ1n) is 6.11. The van der Waals surface area contributed by atoms with Gasteiger partial charge in [-0.25, -0.2) is 4.79 Å². The lowest BCUT2D eigenvalue weighted by Crippen LogP contribution is -2.45. The molecule has 0 saturated heterocycles. The maximum absolute atomic E-state index is 12.2. The number of hydrogen-bond acceptors (Lipinski definition) is 5. The Morgan fingerprint density at radius 2 is 2.30 bits per heavy atom. The maximum Gasteiger partial charge on any atom is 0.338 e. The number of allylic oxidation sites excluding steroid dienone is 1. The predicted molar refractivity (Wildman–Crippen MR) is 81.5 cm³/mol. The number of methoxy groups -OCH3 is 1. The summed E-state index contributed by atoms with van der Waals surface area (Å²) < 4.78 is 10.1. The molecule has 2 heterocycles. The molecule has 108 valence electrons. The highest BCUT2D eigenvalue weighted by Crippen LogP contribution is 2.30. The molecule has 1 aliphatic heterocycles. The number of thiocarbonyl (C=S) groups is 1. The molecular formula is C13H16N2O3S2. The molecule has 1 aromatic rings. The second-order valence-electron chi connectivity index (χ2n) is 4.21. The molecule has 1 atom stereocenters. The Morgan fingerprint density at radius 3 is 2.95 bits per heavy atom. The Kier molecular flexibility index (Phi) is 5.11. The van der Waals surface area contributed by atoms with E-state index >= 15 is 0 Å². The first-order valence-corrected chi connectivity index (χ1v) is 7.40. The minimum Gasteiger partial charge on any atom is -0.460 e. The molecular weight excluding hydrogens is 296 g/mol. The fourth-order valence-corrected chi connectivity index (χ4v) is 2.98. The van der Waals surface area contributed by atoms with E-state index < -0.39 is 0 Å². The van der Waals surface area contributed by atoms with E-state index in [1.54, 1.807) is 18.4 Å². The Bertz CT molecular complexity index is 526. The average Bonchev–Trinajstić information content (AvgIpc) is 2.91. The molecule has 0 aromatic carbocycles. The molecule has 0 bridgehead atoms. The summed E-state index contributed by atoms with van der Waals surface area (Å²) in [6, 6.07) is 3.64. The van der Waals surface area contributed by atoms with Gasteiger partial charge in [0.25, 0.3) is 0 Å². The highest BCUT2D eigenvalue weighted by atomic mass is 32.1. The third-order valence-electron chi connectivity index (χ3n) is 2.84. The zero-order valence-corrected chi connectivity index (χ0v) is 12.9. The van der Waals surface area contributed by atoms with Crippen LogP contribution in [0.3, 0.4) is 0 Å². The van der Waals surface area contributed by atoms with Gasteiger partial charge in [-0.1, -0.05) is 6.07 Å². The van der Waals surface area contributed by atoms with Crippen molar-refractivity contribution in [3.8, 4) is 0 Å². The summed E-state index contributed by atoms with van der Waals surface area (Å²) in [6.45, 7) is 2.43. The molecule has 0 amide bonds. The molecule has 0 radical (unpaired) electrons. The second-order valence-corrected chi connectivity index (χ2v) is 5.60. The zero-order chi connectivity index (χ0) is 14.5. The molecule has 0 spiro atoms. The average molecular weight is 312 g/mol. The Balaban J connectivity index is 2.22. The van der Waals surface area contributed by atoms with Crippen LogP contribution in [0.2, 0.25) is 0 Å². The van der Waals surface area contributed by atoms with Crippen molar-refractivity contribution in [1.29, 1.82) is 0 Å². The summed E-state index contributed by atoms with van der Waals surface area (Å²) in [5, 5.41) is 8.55. The molecule has 0 unspecified atom stereocenters. The second kappa shape index (κ2) is 6.83. The fourth-order valence-electron chi connectivity index (χ4n) is 1.93. The number of rotatable bonds is 5. The van der Waals surface area contributed by atoms with Gasteiger partial charge in [0.15, 0.2) is 5.11 Å². The van der Waals surface area contributed by atoms with Gasteiger partial charge in [0.1, 0.15) is 6.61 Å². The summed E-state index contributed by atoms with van der Waals surface area (Å²) in [5.74, 6) is -0.361. The molecule has 1 aromatic heterocycles. The molecule has 1 aliphatic rings. The van der Waals surface area contributed by atoms with Gasteiger partial charge >= 0.3 is 5.97 Å². The monoisotopic (exact) mass is 312 g/mol. The third-order valence-corrected chi connectivity index (χ3v) is 3.99. The van der Waals surface area contributed by atoms with Gasteiger partial charge in [0.2, 0.25) is 0 Å². The summed E-state index contributed by atoms with van der Waals surface area (Å²) in [6.07, 6.45) is 0. The number of carbonyl (C=O) groups is 1. The first-order chi connectivity index (χ1) is 9.63. The number of nitrogens with one attached hydrogen (secondary N) is 2. The number of ether oxygens (including phenoxy) is 2. The number of hydrogen-bond donors (Lipinski definition) is 2. The van der Waals surface area contributed by atoms with Crippen LogP contribution in [0.4, 0.5) is 0 Å². The Morgan fingerprint density at radius 1 is 1.50 bits per heavy atom. The normalized spacial score (nSPS) is 18.5. The number of thiophene rings is 1. The number of esters is 1. The van der Waals surface area contributed by atoms with E-state index in [1.807, 2.05) is 24.4 Å². The number of carbonyl (C=O) groups excluding carboxylic acids is 1. The van der Waals surface area contributed by atoms with E-state index in [0.29, 0.717) is 17.3 Å². The van der Waals surface area contributed by atoms with E-state index in [-0.39, 0.29) is 18.6 Å². The van der Waals surface area contributed by atoms with Crippen LogP contribution in [0.25, 0.3) is 0 Å². The van der Waals surface area contributed by atoms with Gasteiger partial charge in [-0.15, -0.1) is 11.3 Å². The summed E-state index contributed by atoms with van der Waals surface area (Å²) in [4.78, 5) is 13.3. The lowest BCUT2D eigenvalue weighted by atomic mass is 10.0. The van der Waals surface area contributed by atoms with Crippen molar-refractivity contribution in [2.75, 3.05) is 20.3 Å². The van der Waals surface area contributed by atoms with Crippen molar-refractivity contribution in [1.82, 2.24) is 10.6 Å². The Hall–Kier alpha value is -1.44. The SMILES string of the molecule is COCCOC(=O)C1=C(C)NC(=S)N[C@@H]1c1cccs1. The topological polar surface area (TPSA) is 59.6 Å². The van der Waals surface area contributed by atoms with Gasteiger partial charge in [0.05, 0.1) is 18.2 Å². The van der Waals surface area contributed by atoms with E-state index in [4.69, 9.17) is 21.7 Å². The van der Waals surface area contributed by atoms with Gasteiger partial charge in [0, 0.05) is 17.7 Å². The van der Waals surface area contributed by atoms with E-state index in [9.17, 15) is 4.79 Å². The molecule has 0 aliphatic carbocycles. The van der Waals surface area contributed by atoms with Crippen LogP contribution in [0.5, 0.6) is 0 Å². The molecule has 0 saturated carbocycles. The van der Waals surface area contributed by atoms with Crippen molar-refractivity contribution in [3.63, 3.8) is 0 Å². The van der Waals surface area contributed by atoms with Crippen LogP contribution in [-0.4, -0.2) is 31.4 Å². The first kappa shape index (κ1) is 15.0. The van der Waals surface area contributed by atoms with Gasteiger partial charge in [-0.05, 0) is 30.6 Å². The molecule has 7 heteroatoms. The van der Waals surface area contributed by atoms with Crippen LogP contribution in [0, 0.1) is 0 Å². The third kappa shape index (κ3) is 3.36. The van der Waals surface area contributed by atoms with E-state index in [0.717, 1.165) is 10.6 Å². The van der Waals surface area contributed by atoms with Gasteiger partial charge in [-0.3, -0.25) is 0 Å². The van der Waals surface area contributed by atoms with Gasteiger partial charge in [-0.2, -0.15) is 0 Å². The summed E-state index contributed by atoms with van der Waals surface area (Å²) in [5.41, 5.74) is 1.27. The van der Waals surface area contributed by atoms with E-state index in [2.05, 4.69) is 10.6 Å². The lowest BCUT2D eigenvalue weighted by Gasteiger charge is -2.28. The quantitative estimate of drug-likeness (QED) is 0.490. The van der Waals surface area contributed by atoms with Crippen molar-refractivity contribution in [3.05, 3.63) is 33.7 Å². The van der Waals surface area contributed by atoms with Crippen LogP contribution in [0.1, 0.15) is 17.8 Å². The Labute approximate surface area is 127 Å². The summed E-state index contributed by atoms with van der Waals surface area (Å²) in [7, 11) is 1.56. The lowest BCUT2D eigenvalue weighted by molar-refractivity contribution is -0.140. The zero-order valence-electron chi connectivity index (χ0n) is 11.3. The largest absolute Gasteiger partial charge is 0.460 e. The van der Waals surface area contributed by atoms with Gasteiger partial charge < -0.3 is 20.1 Å². The smallest absolute Gasteiger partial charge is 0.338 e. The van der Waals surface area contributed by atoms with Crippen LogP contribution < -0.4 is 10.6 Å². The molecule has 2 N–H and O–H groups in total. The molecule has 5 nitrogen and oxygen atoms in total. The van der Waals surface area contributed by atoms with Crippen molar-refractivity contribution in [2.45, 2.75) is 13.0 Å². The van der Waals surface area contributed by atoms with Crippen molar-refractivity contribution < 1.29 is 14.3 Å². The molecule has 2 rings (SSSR count). The minimum absolute atomic E-state index is 0.230. The molecule has 20 heavy (non-hydrogen) atoms. The fraction of sp³-hybridized carbons (Fsp3) is 0.385. The molecule has 0 fully saturated rings. The van der Waals surface area contributed by atoms with Crippen LogP contribution in [0.15, 0.2) is 28.8 Å². The maximum atomic E-state index is 12.2. The minimum atomic E-state index is -0.361. The summed E-state index contributed by atoms with van der Waals surface area (Å²) >= 11 is 6.72. The highest BCUT2D eigenvalue weighted by Gasteiger charge is 2.31. The van der Waals surface area contributed by atoms with E-state index in [1.165, 1.54) is 0 Å². The van der Waals surface area contributed by atoms with Crippen molar-refractivity contribution in [2.24, 2.45) is 0 Å².